The molecule has 0 aliphatic carbocycles. The third kappa shape index (κ3) is 3.25. The molecule has 0 fully saturated rings. The van der Waals surface area contributed by atoms with Gasteiger partial charge < -0.3 is 15.2 Å². The Hall–Kier alpha value is -1.55. The minimum Gasteiger partial charge on any atom is -0.483 e. The molecule has 0 saturated heterocycles. The zero-order valence-corrected chi connectivity index (χ0v) is 8.86. The molecule has 0 saturated carbocycles. The lowest BCUT2D eigenvalue weighted by molar-refractivity contribution is -0.122. The number of hydrogen-bond donors (Lipinski definition) is 2. The third-order valence-corrected chi connectivity index (χ3v) is 2.01. The molecule has 1 atom stereocenters. The number of carbonyl (C=O) groups is 1. The summed E-state index contributed by atoms with van der Waals surface area (Å²) in [6.07, 6.45) is -0.606. The van der Waals surface area contributed by atoms with Crippen LogP contribution in [0.5, 0.6) is 5.75 Å². The maximum absolute atomic E-state index is 11.0. The van der Waals surface area contributed by atoms with Gasteiger partial charge >= 0.3 is 0 Å². The molecule has 1 rings (SSSR count). The van der Waals surface area contributed by atoms with Crippen LogP contribution in [0.15, 0.2) is 24.3 Å². The van der Waals surface area contributed by atoms with Gasteiger partial charge in [-0.3, -0.25) is 4.79 Å². The Labute approximate surface area is 88.9 Å². The number of benzene rings is 1. The Kier molecular flexibility index (Phi) is 4.12. The van der Waals surface area contributed by atoms with Gasteiger partial charge in [-0.2, -0.15) is 0 Å². The molecule has 4 nitrogen and oxygen atoms in total. The summed E-state index contributed by atoms with van der Waals surface area (Å²) in [7, 11) is 1.55. The lowest BCUT2D eigenvalue weighted by Gasteiger charge is -2.12. The number of likely N-dealkylation sites (N-methyl/N-ethyl adjacent to an activating group) is 1. The Balaban J connectivity index is 2.71. The van der Waals surface area contributed by atoms with Crippen molar-refractivity contribution in [2.45, 2.75) is 13.0 Å². The lowest BCUT2D eigenvalue weighted by atomic mass is 10.1. The summed E-state index contributed by atoms with van der Waals surface area (Å²) in [6.45, 7) is 1.61. The van der Waals surface area contributed by atoms with E-state index in [1.54, 1.807) is 32.2 Å². The smallest absolute Gasteiger partial charge is 0.257 e. The SMILES string of the molecule is CNC(=O)COc1ccccc1[C@H](C)O. The zero-order valence-electron chi connectivity index (χ0n) is 8.86. The van der Waals surface area contributed by atoms with E-state index in [-0.39, 0.29) is 12.5 Å². The molecule has 1 amide bonds. The topological polar surface area (TPSA) is 58.6 Å². The van der Waals surface area contributed by atoms with Crippen LogP contribution in [0.2, 0.25) is 0 Å². The largest absolute Gasteiger partial charge is 0.483 e. The van der Waals surface area contributed by atoms with Crippen molar-refractivity contribution in [3.63, 3.8) is 0 Å². The lowest BCUT2D eigenvalue weighted by Crippen LogP contribution is -2.25. The normalized spacial score (nSPS) is 11.9. The number of aliphatic hydroxyl groups excluding tert-OH is 1. The van der Waals surface area contributed by atoms with E-state index in [4.69, 9.17) is 4.74 Å². The van der Waals surface area contributed by atoms with E-state index < -0.39 is 6.10 Å². The first-order valence-electron chi connectivity index (χ1n) is 4.75. The van der Waals surface area contributed by atoms with Crippen LogP contribution in [-0.4, -0.2) is 24.7 Å². The first kappa shape index (κ1) is 11.5. The van der Waals surface area contributed by atoms with Gasteiger partial charge in [-0.1, -0.05) is 18.2 Å². The van der Waals surface area contributed by atoms with Gasteiger partial charge in [0.25, 0.3) is 5.91 Å². The molecule has 0 aromatic heterocycles. The molecule has 0 aliphatic heterocycles. The van der Waals surface area contributed by atoms with Crippen LogP contribution in [0.1, 0.15) is 18.6 Å². The molecule has 0 radical (unpaired) electrons. The summed E-state index contributed by atoms with van der Waals surface area (Å²) in [6, 6.07) is 7.11. The van der Waals surface area contributed by atoms with Crippen molar-refractivity contribution < 1.29 is 14.6 Å². The van der Waals surface area contributed by atoms with Gasteiger partial charge in [-0.15, -0.1) is 0 Å². The molecular weight excluding hydrogens is 194 g/mol. The molecule has 0 heterocycles. The molecule has 0 aliphatic rings. The molecule has 1 aromatic carbocycles. The fourth-order valence-electron chi connectivity index (χ4n) is 1.17. The monoisotopic (exact) mass is 209 g/mol. The van der Waals surface area contributed by atoms with Crippen LogP contribution >= 0.6 is 0 Å². The van der Waals surface area contributed by atoms with Gasteiger partial charge in [0.1, 0.15) is 5.75 Å². The van der Waals surface area contributed by atoms with Crippen molar-refractivity contribution >= 4 is 5.91 Å². The fourth-order valence-corrected chi connectivity index (χ4v) is 1.17. The maximum atomic E-state index is 11.0. The predicted octanol–water partition coefficient (Wildman–Crippen LogP) is 0.865. The average molecular weight is 209 g/mol. The second-order valence-corrected chi connectivity index (χ2v) is 3.18. The first-order valence-corrected chi connectivity index (χ1v) is 4.75. The molecule has 15 heavy (non-hydrogen) atoms. The number of aliphatic hydroxyl groups is 1. The number of ether oxygens (including phenoxy) is 1. The first-order chi connectivity index (χ1) is 7.15. The molecule has 82 valence electrons. The maximum Gasteiger partial charge on any atom is 0.257 e. The van der Waals surface area contributed by atoms with Gasteiger partial charge in [0.05, 0.1) is 6.10 Å². The van der Waals surface area contributed by atoms with Gasteiger partial charge in [-0.05, 0) is 13.0 Å². The van der Waals surface area contributed by atoms with E-state index in [1.165, 1.54) is 0 Å². The highest BCUT2D eigenvalue weighted by Gasteiger charge is 2.09. The van der Waals surface area contributed by atoms with E-state index in [0.717, 1.165) is 0 Å². The Bertz CT molecular complexity index is 336. The van der Waals surface area contributed by atoms with E-state index >= 15 is 0 Å². The number of para-hydroxylation sites is 1. The second kappa shape index (κ2) is 5.36. The summed E-state index contributed by atoms with van der Waals surface area (Å²) in [5.41, 5.74) is 0.682. The standard InChI is InChI=1S/C11H15NO3/c1-8(13)9-5-3-4-6-10(9)15-7-11(14)12-2/h3-6,8,13H,7H2,1-2H3,(H,12,14)/t8-/m0/s1. The Morgan fingerprint density at radius 1 is 1.53 bits per heavy atom. The molecule has 0 unspecified atom stereocenters. The van der Waals surface area contributed by atoms with Gasteiger partial charge in [0, 0.05) is 12.6 Å². The van der Waals surface area contributed by atoms with Crippen molar-refractivity contribution in [1.29, 1.82) is 0 Å². The number of rotatable bonds is 4. The predicted molar refractivity (Wildman–Crippen MR) is 56.6 cm³/mol. The molecular formula is C11H15NO3. The van der Waals surface area contributed by atoms with Crippen LogP contribution in [0.3, 0.4) is 0 Å². The highest BCUT2D eigenvalue weighted by atomic mass is 16.5. The molecule has 4 heteroatoms. The van der Waals surface area contributed by atoms with Crippen LogP contribution < -0.4 is 10.1 Å². The van der Waals surface area contributed by atoms with Crippen LogP contribution in [0.25, 0.3) is 0 Å². The number of amides is 1. The summed E-state index contributed by atoms with van der Waals surface area (Å²) in [5.74, 6) is 0.339. The van der Waals surface area contributed by atoms with Gasteiger partial charge in [0.15, 0.2) is 6.61 Å². The van der Waals surface area contributed by atoms with Crippen molar-refractivity contribution in [3.8, 4) is 5.75 Å². The van der Waals surface area contributed by atoms with Gasteiger partial charge in [0.2, 0.25) is 0 Å². The number of nitrogens with one attached hydrogen (secondary N) is 1. The van der Waals surface area contributed by atoms with E-state index in [0.29, 0.717) is 11.3 Å². The minimum absolute atomic E-state index is 0.0414. The zero-order chi connectivity index (χ0) is 11.3. The summed E-state index contributed by atoms with van der Waals surface area (Å²) < 4.78 is 5.28. The summed E-state index contributed by atoms with van der Waals surface area (Å²) in [5, 5.41) is 11.9. The molecule has 2 N–H and O–H groups in total. The fraction of sp³-hybridized carbons (Fsp3) is 0.364. The molecule has 1 aromatic rings. The summed E-state index contributed by atoms with van der Waals surface area (Å²) >= 11 is 0. The van der Waals surface area contributed by atoms with Crippen LogP contribution in [0.4, 0.5) is 0 Å². The second-order valence-electron chi connectivity index (χ2n) is 3.18. The number of carbonyl (C=O) groups excluding carboxylic acids is 1. The van der Waals surface area contributed by atoms with Crippen LogP contribution in [-0.2, 0) is 4.79 Å². The molecule has 0 bridgehead atoms. The molecule has 0 spiro atoms. The highest BCUT2D eigenvalue weighted by molar-refractivity contribution is 5.77. The average Bonchev–Trinajstić information content (AvgIpc) is 2.26. The van der Waals surface area contributed by atoms with E-state index in [2.05, 4.69) is 5.32 Å². The van der Waals surface area contributed by atoms with Crippen molar-refractivity contribution in [1.82, 2.24) is 5.32 Å². The van der Waals surface area contributed by atoms with Gasteiger partial charge in [-0.25, -0.2) is 0 Å². The Morgan fingerprint density at radius 3 is 2.80 bits per heavy atom. The van der Waals surface area contributed by atoms with E-state index in [9.17, 15) is 9.90 Å². The number of hydrogen-bond acceptors (Lipinski definition) is 3. The summed E-state index contributed by atoms with van der Waals surface area (Å²) in [4.78, 5) is 11.0. The minimum atomic E-state index is -0.606. The Morgan fingerprint density at radius 2 is 2.20 bits per heavy atom. The van der Waals surface area contributed by atoms with Crippen LogP contribution in [0, 0.1) is 0 Å². The van der Waals surface area contributed by atoms with Crippen molar-refractivity contribution in [2.24, 2.45) is 0 Å². The quantitative estimate of drug-likeness (QED) is 0.773. The third-order valence-electron chi connectivity index (χ3n) is 2.01. The van der Waals surface area contributed by atoms with Crippen molar-refractivity contribution in [3.05, 3.63) is 29.8 Å². The highest BCUT2D eigenvalue weighted by Crippen LogP contribution is 2.24. The van der Waals surface area contributed by atoms with E-state index in [1.807, 2.05) is 6.07 Å². The van der Waals surface area contributed by atoms with Crippen molar-refractivity contribution in [2.75, 3.05) is 13.7 Å².